The fourth-order valence-corrected chi connectivity index (χ4v) is 1.73. The Bertz CT molecular complexity index is 193. The molecule has 4 nitrogen and oxygen atoms in total. The first-order valence-electron chi connectivity index (χ1n) is 5.29. The van der Waals surface area contributed by atoms with Crippen molar-refractivity contribution < 1.29 is 9.53 Å². The molecule has 1 rings (SSSR count). The lowest BCUT2D eigenvalue weighted by Crippen LogP contribution is -2.50. The Morgan fingerprint density at radius 3 is 2.93 bits per heavy atom. The number of amides is 1. The van der Waals surface area contributed by atoms with Crippen LogP contribution in [0.5, 0.6) is 0 Å². The zero-order chi connectivity index (χ0) is 10.6. The van der Waals surface area contributed by atoms with Crippen LogP contribution in [0.1, 0.15) is 20.3 Å². The van der Waals surface area contributed by atoms with Crippen LogP contribution in [-0.2, 0) is 9.53 Å². The first kappa shape index (κ1) is 11.5. The third-order valence-corrected chi connectivity index (χ3v) is 2.78. The normalized spacial score (nSPS) is 24.8. The Morgan fingerprint density at radius 2 is 2.43 bits per heavy atom. The van der Waals surface area contributed by atoms with Crippen LogP contribution in [0.2, 0.25) is 0 Å². The number of ether oxygens (including phenoxy) is 1. The molecule has 0 bridgehead atoms. The van der Waals surface area contributed by atoms with Crippen molar-refractivity contribution in [3.63, 3.8) is 0 Å². The van der Waals surface area contributed by atoms with E-state index in [1.165, 1.54) is 0 Å². The van der Waals surface area contributed by atoms with Gasteiger partial charge in [0.25, 0.3) is 0 Å². The number of nitrogens with two attached hydrogens (primary N) is 1. The number of hydrogen-bond donors (Lipinski definition) is 1. The van der Waals surface area contributed by atoms with E-state index >= 15 is 0 Å². The van der Waals surface area contributed by atoms with Crippen LogP contribution in [0.4, 0.5) is 0 Å². The Morgan fingerprint density at radius 1 is 1.71 bits per heavy atom. The van der Waals surface area contributed by atoms with Crippen LogP contribution >= 0.6 is 0 Å². The van der Waals surface area contributed by atoms with Crippen molar-refractivity contribution in [1.82, 2.24) is 4.90 Å². The second-order valence-corrected chi connectivity index (χ2v) is 3.80. The first-order chi connectivity index (χ1) is 6.70. The molecule has 2 atom stereocenters. The highest BCUT2D eigenvalue weighted by Crippen LogP contribution is 2.12. The van der Waals surface area contributed by atoms with Crippen molar-refractivity contribution in [2.45, 2.75) is 26.3 Å². The van der Waals surface area contributed by atoms with E-state index in [9.17, 15) is 4.79 Å². The molecular formula is C10H20N2O2. The molecule has 1 amide bonds. The van der Waals surface area contributed by atoms with Gasteiger partial charge in [-0.15, -0.1) is 0 Å². The first-order valence-corrected chi connectivity index (χ1v) is 5.29. The molecule has 4 heteroatoms. The fourth-order valence-electron chi connectivity index (χ4n) is 1.73. The van der Waals surface area contributed by atoms with Crippen LogP contribution in [0.25, 0.3) is 0 Å². The molecule has 1 saturated heterocycles. The van der Waals surface area contributed by atoms with Gasteiger partial charge in [0.2, 0.25) is 5.91 Å². The number of carbonyl (C=O) groups excluding carboxylic acids is 1. The third-order valence-electron chi connectivity index (χ3n) is 2.78. The fraction of sp³-hybridized carbons (Fsp3) is 0.900. The lowest BCUT2D eigenvalue weighted by atomic mass is 10.0. The molecule has 0 aliphatic carbocycles. The highest BCUT2D eigenvalue weighted by Gasteiger charge is 2.27. The minimum Gasteiger partial charge on any atom is -0.377 e. The van der Waals surface area contributed by atoms with Gasteiger partial charge in [-0.25, -0.2) is 0 Å². The van der Waals surface area contributed by atoms with Crippen LogP contribution in [0.15, 0.2) is 0 Å². The monoisotopic (exact) mass is 200 g/mol. The summed E-state index contributed by atoms with van der Waals surface area (Å²) >= 11 is 0. The van der Waals surface area contributed by atoms with Crippen LogP contribution < -0.4 is 5.73 Å². The Balaban J connectivity index is 2.57. The van der Waals surface area contributed by atoms with Crippen molar-refractivity contribution in [3.05, 3.63) is 0 Å². The standard InChI is InChI=1S/C10H20N2O2/c1-3-9(6-11)10(13)12-4-5-14-7-8(12)2/h8-9H,3-7,11H2,1-2H3. The molecule has 82 valence electrons. The Hall–Kier alpha value is -0.610. The topological polar surface area (TPSA) is 55.6 Å². The van der Waals surface area contributed by atoms with Gasteiger partial charge < -0.3 is 15.4 Å². The molecule has 0 saturated carbocycles. The summed E-state index contributed by atoms with van der Waals surface area (Å²) in [5.41, 5.74) is 5.56. The Labute approximate surface area is 85.4 Å². The van der Waals surface area contributed by atoms with Gasteiger partial charge in [-0.2, -0.15) is 0 Å². The van der Waals surface area contributed by atoms with E-state index < -0.39 is 0 Å². The maximum Gasteiger partial charge on any atom is 0.227 e. The maximum atomic E-state index is 12.0. The van der Waals surface area contributed by atoms with Crippen LogP contribution in [0, 0.1) is 5.92 Å². The van der Waals surface area contributed by atoms with Crippen LogP contribution in [0.3, 0.4) is 0 Å². The van der Waals surface area contributed by atoms with Gasteiger partial charge in [-0.05, 0) is 13.3 Å². The number of hydrogen-bond acceptors (Lipinski definition) is 3. The summed E-state index contributed by atoms with van der Waals surface area (Å²) in [6.07, 6.45) is 0.819. The maximum absolute atomic E-state index is 12.0. The molecule has 1 fully saturated rings. The molecular weight excluding hydrogens is 180 g/mol. The summed E-state index contributed by atoms with van der Waals surface area (Å²) in [6.45, 7) is 6.46. The van der Waals surface area contributed by atoms with Crippen molar-refractivity contribution in [2.75, 3.05) is 26.3 Å². The van der Waals surface area contributed by atoms with E-state index in [2.05, 4.69) is 0 Å². The zero-order valence-electron chi connectivity index (χ0n) is 9.03. The molecule has 14 heavy (non-hydrogen) atoms. The molecule has 0 aromatic heterocycles. The lowest BCUT2D eigenvalue weighted by Gasteiger charge is -2.35. The second-order valence-electron chi connectivity index (χ2n) is 3.80. The minimum atomic E-state index is -0.0180. The average Bonchev–Trinajstić information content (AvgIpc) is 2.20. The van der Waals surface area contributed by atoms with E-state index in [-0.39, 0.29) is 17.9 Å². The molecule has 1 aliphatic rings. The van der Waals surface area contributed by atoms with E-state index in [0.717, 1.165) is 6.42 Å². The molecule has 0 aromatic rings. The molecule has 2 unspecified atom stereocenters. The van der Waals surface area contributed by atoms with Gasteiger partial charge in [-0.3, -0.25) is 4.79 Å². The van der Waals surface area contributed by atoms with Gasteiger partial charge in [0, 0.05) is 13.1 Å². The number of carbonyl (C=O) groups is 1. The molecule has 0 aromatic carbocycles. The van der Waals surface area contributed by atoms with Gasteiger partial charge in [0.1, 0.15) is 0 Å². The van der Waals surface area contributed by atoms with E-state index in [0.29, 0.717) is 26.3 Å². The van der Waals surface area contributed by atoms with E-state index in [1.807, 2.05) is 18.7 Å². The predicted octanol–water partition coefficient (Wildman–Crippen LogP) is 0.219. The highest BCUT2D eigenvalue weighted by atomic mass is 16.5. The van der Waals surface area contributed by atoms with E-state index in [4.69, 9.17) is 10.5 Å². The van der Waals surface area contributed by atoms with Gasteiger partial charge in [-0.1, -0.05) is 6.92 Å². The smallest absolute Gasteiger partial charge is 0.227 e. The van der Waals surface area contributed by atoms with Crippen molar-refractivity contribution in [3.8, 4) is 0 Å². The molecule has 2 N–H and O–H groups in total. The quantitative estimate of drug-likeness (QED) is 0.709. The summed E-state index contributed by atoms with van der Waals surface area (Å²) in [6, 6.07) is 0.192. The zero-order valence-corrected chi connectivity index (χ0v) is 9.03. The van der Waals surface area contributed by atoms with Gasteiger partial charge in [0.05, 0.1) is 25.2 Å². The average molecular weight is 200 g/mol. The molecule has 1 heterocycles. The van der Waals surface area contributed by atoms with Crippen molar-refractivity contribution in [1.29, 1.82) is 0 Å². The molecule has 0 spiro atoms. The highest BCUT2D eigenvalue weighted by molar-refractivity contribution is 5.79. The summed E-state index contributed by atoms with van der Waals surface area (Å²) in [5, 5.41) is 0. The van der Waals surface area contributed by atoms with Gasteiger partial charge >= 0.3 is 0 Å². The Kier molecular flexibility index (Phi) is 4.35. The molecule has 1 aliphatic heterocycles. The van der Waals surface area contributed by atoms with Gasteiger partial charge in [0.15, 0.2) is 0 Å². The summed E-state index contributed by atoms with van der Waals surface area (Å²) in [7, 11) is 0. The number of rotatable bonds is 3. The molecule has 0 radical (unpaired) electrons. The summed E-state index contributed by atoms with van der Waals surface area (Å²) < 4.78 is 5.28. The van der Waals surface area contributed by atoms with Crippen molar-refractivity contribution >= 4 is 5.91 Å². The van der Waals surface area contributed by atoms with Crippen molar-refractivity contribution in [2.24, 2.45) is 11.7 Å². The third kappa shape index (κ3) is 2.45. The SMILES string of the molecule is CCC(CN)C(=O)N1CCOCC1C. The minimum absolute atomic E-state index is 0.0180. The second kappa shape index (κ2) is 5.32. The predicted molar refractivity (Wildman–Crippen MR) is 54.8 cm³/mol. The lowest BCUT2D eigenvalue weighted by molar-refractivity contribution is -0.143. The number of nitrogens with zero attached hydrogens (tertiary/aromatic N) is 1. The summed E-state index contributed by atoms with van der Waals surface area (Å²) in [5.74, 6) is 0.168. The van der Waals surface area contributed by atoms with E-state index in [1.54, 1.807) is 0 Å². The summed E-state index contributed by atoms with van der Waals surface area (Å²) in [4.78, 5) is 13.9. The number of morpholine rings is 1. The van der Waals surface area contributed by atoms with Crippen LogP contribution in [-0.4, -0.2) is 43.2 Å². The largest absolute Gasteiger partial charge is 0.377 e.